The summed E-state index contributed by atoms with van der Waals surface area (Å²) in [6.45, 7) is 5.48. The van der Waals surface area contributed by atoms with Gasteiger partial charge in [0.1, 0.15) is 11.6 Å². The Hall–Kier alpha value is -2.28. The van der Waals surface area contributed by atoms with Crippen LogP contribution in [0.4, 0.5) is 21.8 Å². The van der Waals surface area contributed by atoms with E-state index in [1.807, 2.05) is 12.3 Å². The second-order valence-electron chi connectivity index (χ2n) is 11.1. The molecule has 33 heavy (non-hydrogen) atoms. The van der Waals surface area contributed by atoms with Crippen LogP contribution in [-0.2, 0) is 0 Å². The van der Waals surface area contributed by atoms with Gasteiger partial charge in [0, 0.05) is 25.6 Å². The fourth-order valence-corrected chi connectivity index (χ4v) is 5.87. The van der Waals surface area contributed by atoms with E-state index in [-0.39, 0.29) is 11.7 Å². The Labute approximate surface area is 195 Å². The van der Waals surface area contributed by atoms with Crippen molar-refractivity contribution in [2.75, 3.05) is 42.9 Å². The Balaban J connectivity index is 1.14. The van der Waals surface area contributed by atoms with Gasteiger partial charge < -0.3 is 15.1 Å². The highest BCUT2D eigenvalue weighted by Crippen LogP contribution is 2.47. The van der Waals surface area contributed by atoms with Crippen molar-refractivity contribution in [3.8, 4) is 0 Å². The van der Waals surface area contributed by atoms with Crippen molar-refractivity contribution in [2.45, 2.75) is 56.8 Å². The molecule has 0 amide bonds. The number of hydrogen-bond acceptors (Lipinski definition) is 6. The predicted octanol–water partition coefficient (Wildman–Crippen LogP) is 4.68. The zero-order valence-corrected chi connectivity index (χ0v) is 19.2. The van der Waals surface area contributed by atoms with E-state index >= 15 is 4.39 Å². The van der Waals surface area contributed by atoms with Gasteiger partial charge in [0.15, 0.2) is 11.6 Å². The summed E-state index contributed by atoms with van der Waals surface area (Å²) in [6, 6.07) is 2.05. The van der Waals surface area contributed by atoms with Gasteiger partial charge in [0.25, 0.3) is 0 Å². The van der Waals surface area contributed by atoms with Gasteiger partial charge in [-0.1, -0.05) is 0 Å². The first-order valence-corrected chi connectivity index (χ1v) is 13.0. The number of likely N-dealkylation sites (tertiary alicyclic amines) is 1. The molecule has 3 saturated carbocycles. The molecule has 2 aromatic heterocycles. The van der Waals surface area contributed by atoms with E-state index in [1.54, 1.807) is 6.20 Å². The lowest BCUT2D eigenvalue weighted by Crippen LogP contribution is -2.34. The zero-order valence-electron chi connectivity index (χ0n) is 19.2. The van der Waals surface area contributed by atoms with Crippen LogP contribution in [0.5, 0.6) is 0 Å². The van der Waals surface area contributed by atoms with Crippen molar-refractivity contribution in [3.05, 3.63) is 35.5 Å². The summed E-state index contributed by atoms with van der Waals surface area (Å²) in [7, 11) is 0. The largest absolute Gasteiger partial charge is 0.356 e. The second-order valence-corrected chi connectivity index (χ2v) is 11.1. The molecular formula is C26H33FN6. The van der Waals surface area contributed by atoms with E-state index in [0.29, 0.717) is 17.6 Å². The number of halogens is 1. The average molecular weight is 449 g/mol. The van der Waals surface area contributed by atoms with Crippen LogP contribution in [0.3, 0.4) is 0 Å². The number of hydrogen-bond donors (Lipinski definition) is 1. The minimum absolute atomic E-state index is 0.211. The average Bonchev–Trinajstić information content (AvgIpc) is 3.73. The maximum Gasteiger partial charge on any atom is 0.170 e. The van der Waals surface area contributed by atoms with E-state index in [1.165, 1.54) is 38.6 Å². The van der Waals surface area contributed by atoms with Crippen molar-refractivity contribution in [1.82, 2.24) is 19.9 Å². The van der Waals surface area contributed by atoms with Crippen LogP contribution in [0.15, 0.2) is 18.5 Å². The minimum Gasteiger partial charge on any atom is -0.356 e. The van der Waals surface area contributed by atoms with Crippen LogP contribution in [-0.4, -0.2) is 52.6 Å². The molecule has 2 saturated heterocycles. The van der Waals surface area contributed by atoms with Gasteiger partial charge in [-0.2, -0.15) is 0 Å². The summed E-state index contributed by atoms with van der Waals surface area (Å²) in [6.07, 6.45) is 12.1. The fourth-order valence-electron chi connectivity index (χ4n) is 5.87. The molecule has 7 heteroatoms. The molecule has 2 unspecified atom stereocenters. The third-order valence-electron chi connectivity index (χ3n) is 8.43. The van der Waals surface area contributed by atoms with Crippen LogP contribution >= 0.6 is 0 Å². The third kappa shape index (κ3) is 4.20. The van der Waals surface area contributed by atoms with Crippen molar-refractivity contribution < 1.29 is 4.39 Å². The third-order valence-corrected chi connectivity index (χ3v) is 8.43. The lowest BCUT2D eigenvalue weighted by Gasteiger charge is -2.33. The maximum absolute atomic E-state index is 15.8. The number of piperidine rings is 2. The molecule has 0 radical (unpaired) electrons. The lowest BCUT2D eigenvalue weighted by atomic mass is 9.89. The van der Waals surface area contributed by atoms with Crippen molar-refractivity contribution in [2.24, 2.45) is 17.8 Å². The molecule has 2 aliphatic heterocycles. The lowest BCUT2D eigenvalue weighted by molar-refractivity contribution is 0.203. The smallest absolute Gasteiger partial charge is 0.170 e. The molecule has 3 aliphatic carbocycles. The van der Waals surface area contributed by atoms with Gasteiger partial charge in [-0.25, -0.2) is 14.4 Å². The Morgan fingerprint density at radius 3 is 2.39 bits per heavy atom. The number of nitrogens with zero attached hydrogens (tertiary/aromatic N) is 5. The van der Waals surface area contributed by atoms with E-state index in [0.717, 1.165) is 73.8 Å². The van der Waals surface area contributed by atoms with Crippen LogP contribution in [0, 0.1) is 23.6 Å². The topological polar surface area (TPSA) is 57.2 Å². The Bertz CT molecular complexity index is 1020. The van der Waals surface area contributed by atoms with Crippen molar-refractivity contribution in [1.29, 1.82) is 0 Å². The molecule has 4 heterocycles. The molecule has 0 aromatic carbocycles. The highest BCUT2D eigenvalue weighted by atomic mass is 19.1. The highest BCUT2D eigenvalue weighted by molar-refractivity contribution is 5.59. The first kappa shape index (κ1) is 20.1. The number of pyridine rings is 1. The molecule has 0 spiro atoms. The number of nitrogens with one attached hydrogen (secondary N) is 1. The normalized spacial score (nSPS) is 27.6. The Morgan fingerprint density at radius 1 is 0.939 bits per heavy atom. The van der Waals surface area contributed by atoms with E-state index in [2.05, 4.69) is 25.1 Å². The highest BCUT2D eigenvalue weighted by Gasteiger charge is 2.45. The minimum atomic E-state index is -0.211. The van der Waals surface area contributed by atoms with E-state index < -0.39 is 0 Å². The monoisotopic (exact) mass is 448 g/mol. The summed E-state index contributed by atoms with van der Waals surface area (Å²) in [5.41, 5.74) is 1.87. The Morgan fingerprint density at radius 2 is 1.73 bits per heavy atom. The predicted molar refractivity (Wildman–Crippen MR) is 126 cm³/mol. The summed E-state index contributed by atoms with van der Waals surface area (Å²) < 4.78 is 15.8. The molecule has 7 rings (SSSR count). The van der Waals surface area contributed by atoms with E-state index in [9.17, 15) is 0 Å². The molecule has 2 aromatic rings. The standard InChI is InChI=1S/C26H33FN6/c27-25-21(17-5-7-32(8-6-17)13-16-1-2-16)10-24(33-14-19-9-20(19)15-33)31-26(25)30-23-12-28-22(11-29-23)18-3-4-18/h10-12,16-20H,1-9,13-15H2,(H,29,30,31). The van der Waals surface area contributed by atoms with E-state index in [4.69, 9.17) is 4.98 Å². The second kappa shape index (κ2) is 7.90. The molecule has 5 aliphatic rings. The van der Waals surface area contributed by atoms with Gasteiger partial charge in [-0.05, 0) is 93.3 Å². The zero-order chi connectivity index (χ0) is 21.9. The molecular weight excluding hydrogens is 415 g/mol. The van der Waals surface area contributed by atoms with Gasteiger partial charge in [0.05, 0.1) is 18.1 Å². The summed E-state index contributed by atoms with van der Waals surface area (Å²) in [5, 5.41) is 3.17. The number of anilines is 3. The summed E-state index contributed by atoms with van der Waals surface area (Å²) in [5.74, 6) is 4.92. The maximum atomic E-state index is 15.8. The molecule has 6 nitrogen and oxygen atoms in total. The van der Waals surface area contributed by atoms with Crippen LogP contribution in [0.2, 0.25) is 0 Å². The number of aromatic nitrogens is 3. The van der Waals surface area contributed by atoms with Gasteiger partial charge in [-0.15, -0.1) is 0 Å². The summed E-state index contributed by atoms with van der Waals surface area (Å²) in [4.78, 5) is 18.7. The Kier molecular flexibility index (Phi) is 4.81. The first-order chi connectivity index (χ1) is 16.2. The molecule has 1 N–H and O–H groups in total. The summed E-state index contributed by atoms with van der Waals surface area (Å²) >= 11 is 0. The number of fused-ring (bicyclic) bond motifs is 1. The van der Waals surface area contributed by atoms with Gasteiger partial charge >= 0.3 is 0 Å². The van der Waals surface area contributed by atoms with Crippen molar-refractivity contribution in [3.63, 3.8) is 0 Å². The molecule has 174 valence electrons. The SMILES string of the molecule is Fc1c(C2CCN(CC3CC3)CC2)cc(N2CC3CC3C2)nc1Nc1cnc(C2CC2)cn1. The van der Waals surface area contributed by atoms with Crippen LogP contribution in [0.1, 0.15) is 68.0 Å². The quantitative estimate of drug-likeness (QED) is 0.664. The molecule has 2 atom stereocenters. The van der Waals surface area contributed by atoms with Gasteiger partial charge in [-0.3, -0.25) is 4.98 Å². The fraction of sp³-hybridized carbons (Fsp3) is 0.654. The molecule has 5 fully saturated rings. The van der Waals surface area contributed by atoms with Crippen LogP contribution < -0.4 is 10.2 Å². The number of rotatable bonds is 7. The first-order valence-electron chi connectivity index (χ1n) is 13.0. The van der Waals surface area contributed by atoms with Crippen LogP contribution in [0.25, 0.3) is 0 Å². The van der Waals surface area contributed by atoms with Crippen molar-refractivity contribution >= 4 is 17.5 Å². The van der Waals surface area contributed by atoms with Gasteiger partial charge in [0.2, 0.25) is 0 Å². The molecule has 0 bridgehead atoms.